The summed E-state index contributed by atoms with van der Waals surface area (Å²) in [7, 11) is -3.01. The molecule has 3 rings (SSSR count). The molecule has 2 heterocycles. The standard InChI is InChI=1S/C20H26N2O3S2/c1-4-9-22(16-8-10-27(24,25)13-16)19(23)12-26-18-11-15(3)17-7-5-6-14(2)20(17)21-18/h5-7,11,16H,4,8-10,12-13H2,1-3H3/t16-/m0/s1. The summed E-state index contributed by atoms with van der Waals surface area (Å²) in [5.41, 5.74) is 3.24. The van der Waals surface area contributed by atoms with Gasteiger partial charge in [-0.1, -0.05) is 36.9 Å². The Kier molecular flexibility index (Phi) is 6.11. The number of thioether (sulfide) groups is 1. The van der Waals surface area contributed by atoms with Crippen LogP contribution >= 0.6 is 11.8 Å². The maximum absolute atomic E-state index is 12.8. The number of nitrogens with zero attached hydrogens (tertiary/aromatic N) is 2. The van der Waals surface area contributed by atoms with Crippen LogP contribution in [0.5, 0.6) is 0 Å². The number of aromatic nitrogens is 1. The van der Waals surface area contributed by atoms with E-state index in [1.165, 1.54) is 11.8 Å². The van der Waals surface area contributed by atoms with Crippen molar-refractivity contribution in [3.05, 3.63) is 35.4 Å². The summed E-state index contributed by atoms with van der Waals surface area (Å²) in [6.45, 7) is 6.71. The second-order valence-electron chi connectivity index (χ2n) is 7.18. The van der Waals surface area contributed by atoms with Crippen LogP contribution in [-0.2, 0) is 14.6 Å². The van der Waals surface area contributed by atoms with Gasteiger partial charge in [-0.25, -0.2) is 13.4 Å². The van der Waals surface area contributed by atoms with Crippen LogP contribution in [0.15, 0.2) is 29.3 Å². The largest absolute Gasteiger partial charge is 0.338 e. The van der Waals surface area contributed by atoms with Gasteiger partial charge in [0.2, 0.25) is 5.91 Å². The molecule has 0 aliphatic carbocycles. The molecule has 0 radical (unpaired) electrons. The van der Waals surface area contributed by atoms with Crippen molar-refractivity contribution in [1.82, 2.24) is 9.88 Å². The van der Waals surface area contributed by atoms with E-state index < -0.39 is 9.84 Å². The summed E-state index contributed by atoms with van der Waals surface area (Å²) in [4.78, 5) is 19.3. The number of carbonyl (C=O) groups excluding carboxylic acids is 1. The fourth-order valence-corrected chi connectivity index (χ4v) is 6.18. The Morgan fingerprint density at radius 1 is 1.30 bits per heavy atom. The van der Waals surface area contributed by atoms with Crippen molar-refractivity contribution >= 4 is 38.4 Å². The predicted octanol–water partition coefficient (Wildman–Crippen LogP) is 3.37. The number of carbonyl (C=O) groups is 1. The maximum Gasteiger partial charge on any atom is 0.233 e. The number of fused-ring (bicyclic) bond motifs is 1. The maximum atomic E-state index is 12.8. The molecule has 27 heavy (non-hydrogen) atoms. The minimum Gasteiger partial charge on any atom is -0.338 e. The van der Waals surface area contributed by atoms with Crippen molar-refractivity contribution in [1.29, 1.82) is 0 Å². The lowest BCUT2D eigenvalue weighted by molar-refractivity contribution is -0.130. The molecule has 1 aromatic heterocycles. The number of hydrogen-bond donors (Lipinski definition) is 0. The Balaban J connectivity index is 1.74. The predicted molar refractivity (Wildman–Crippen MR) is 111 cm³/mol. The van der Waals surface area contributed by atoms with Crippen molar-refractivity contribution in [3.8, 4) is 0 Å². The van der Waals surface area contributed by atoms with Crippen LogP contribution in [0.25, 0.3) is 10.9 Å². The van der Waals surface area contributed by atoms with E-state index >= 15 is 0 Å². The van der Waals surface area contributed by atoms with Crippen molar-refractivity contribution in [2.45, 2.75) is 44.7 Å². The molecule has 0 bridgehead atoms. The first-order valence-corrected chi connectivity index (χ1v) is 12.1. The summed E-state index contributed by atoms with van der Waals surface area (Å²) >= 11 is 1.43. The van der Waals surface area contributed by atoms with Gasteiger partial charge in [-0.05, 0) is 43.9 Å². The minimum atomic E-state index is -3.01. The van der Waals surface area contributed by atoms with Crippen LogP contribution in [0.3, 0.4) is 0 Å². The lowest BCUT2D eigenvalue weighted by Gasteiger charge is -2.27. The van der Waals surface area contributed by atoms with E-state index in [-0.39, 0.29) is 29.2 Å². The van der Waals surface area contributed by atoms with Gasteiger partial charge < -0.3 is 4.90 Å². The van der Waals surface area contributed by atoms with Crippen molar-refractivity contribution in [3.63, 3.8) is 0 Å². The third-order valence-electron chi connectivity index (χ3n) is 5.00. The second kappa shape index (κ2) is 8.19. The Hall–Kier alpha value is -1.60. The first-order valence-electron chi connectivity index (χ1n) is 9.30. The van der Waals surface area contributed by atoms with Gasteiger partial charge >= 0.3 is 0 Å². The number of benzene rings is 1. The van der Waals surface area contributed by atoms with Crippen LogP contribution in [0.1, 0.15) is 30.9 Å². The smallest absolute Gasteiger partial charge is 0.233 e. The third-order valence-corrected chi connectivity index (χ3v) is 7.65. The second-order valence-corrected chi connectivity index (χ2v) is 10.4. The van der Waals surface area contributed by atoms with Gasteiger partial charge in [-0.2, -0.15) is 0 Å². The number of aryl methyl sites for hydroxylation is 2. The molecule has 1 aromatic carbocycles. The highest BCUT2D eigenvalue weighted by atomic mass is 32.2. The van der Waals surface area contributed by atoms with Crippen molar-refractivity contribution < 1.29 is 13.2 Å². The molecule has 0 spiro atoms. The van der Waals surface area contributed by atoms with E-state index in [4.69, 9.17) is 4.98 Å². The topological polar surface area (TPSA) is 67.3 Å². The zero-order valence-corrected chi connectivity index (χ0v) is 17.7. The first-order chi connectivity index (χ1) is 12.8. The van der Waals surface area contributed by atoms with Gasteiger partial charge in [-0.15, -0.1) is 0 Å². The molecule has 2 aromatic rings. The normalized spacial score (nSPS) is 18.7. The highest BCUT2D eigenvalue weighted by molar-refractivity contribution is 7.99. The number of rotatable bonds is 6. The zero-order valence-electron chi connectivity index (χ0n) is 16.1. The van der Waals surface area contributed by atoms with Gasteiger partial charge in [-0.3, -0.25) is 4.79 Å². The molecule has 5 nitrogen and oxygen atoms in total. The average Bonchev–Trinajstić information content (AvgIpc) is 2.98. The van der Waals surface area contributed by atoms with Crippen LogP contribution in [0, 0.1) is 13.8 Å². The first kappa shape index (κ1) is 20.1. The summed E-state index contributed by atoms with van der Waals surface area (Å²) < 4.78 is 23.6. The summed E-state index contributed by atoms with van der Waals surface area (Å²) in [6, 6.07) is 7.97. The van der Waals surface area contributed by atoms with Gasteiger partial charge in [0.05, 0.1) is 27.8 Å². The molecule has 146 valence electrons. The van der Waals surface area contributed by atoms with Gasteiger partial charge in [0.15, 0.2) is 9.84 Å². The number of pyridine rings is 1. The van der Waals surface area contributed by atoms with Gasteiger partial charge in [0.25, 0.3) is 0 Å². The molecule has 1 saturated heterocycles. The molecule has 1 aliphatic rings. The van der Waals surface area contributed by atoms with E-state index in [2.05, 4.69) is 13.0 Å². The van der Waals surface area contributed by atoms with Crippen LogP contribution in [0.4, 0.5) is 0 Å². The number of para-hydroxylation sites is 1. The quantitative estimate of drug-likeness (QED) is 0.688. The molecule has 1 aliphatic heterocycles. The monoisotopic (exact) mass is 406 g/mol. The van der Waals surface area contributed by atoms with E-state index in [0.717, 1.165) is 33.5 Å². The van der Waals surface area contributed by atoms with E-state index in [1.54, 1.807) is 4.90 Å². The SMILES string of the molecule is CCCN(C(=O)CSc1cc(C)c2cccc(C)c2n1)[C@H]1CCS(=O)(=O)C1. The lowest BCUT2D eigenvalue weighted by Crippen LogP contribution is -2.42. The van der Waals surface area contributed by atoms with Gasteiger partial charge in [0, 0.05) is 18.0 Å². The van der Waals surface area contributed by atoms with Crippen LogP contribution in [-0.4, -0.2) is 54.1 Å². The van der Waals surface area contributed by atoms with Crippen molar-refractivity contribution in [2.75, 3.05) is 23.8 Å². The minimum absolute atomic E-state index is 0.00622. The number of sulfone groups is 1. The Morgan fingerprint density at radius 3 is 2.74 bits per heavy atom. The van der Waals surface area contributed by atoms with E-state index in [0.29, 0.717) is 13.0 Å². The summed E-state index contributed by atoms with van der Waals surface area (Å²) in [5, 5.41) is 1.97. The average molecular weight is 407 g/mol. The Labute approximate surface area is 165 Å². The fraction of sp³-hybridized carbons (Fsp3) is 0.500. The molecule has 0 unspecified atom stereocenters. The molecular weight excluding hydrogens is 380 g/mol. The van der Waals surface area contributed by atoms with Gasteiger partial charge in [0.1, 0.15) is 0 Å². The highest BCUT2D eigenvalue weighted by Gasteiger charge is 2.34. The fourth-order valence-electron chi connectivity index (χ4n) is 3.60. The van der Waals surface area contributed by atoms with E-state index in [9.17, 15) is 13.2 Å². The molecule has 1 amide bonds. The molecule has 0 N–H and O–H groups in total. The van der Waals surface area contributed by atoms with Crippen LogP contribution < -0.4 is 0 Å². The highest BCUT2D eigenvalue weighted by Crippen LogP contribution is 2.26. The number of amides is 1. The number of hydrogen-bond acceptors (Lipinski definition) is 5. The Bertz CT molecular complexity index is 957. The summed E-state index contributed by atoms with van der Waals surface area (Å²) in [5.74, 6) is 0.549. The zero-order chi connectivity index (χ0) is 19.6. The lowest BCUT2D eigenvalue weighted by atomic mass is 10.1. The molecule has 1 fully saturated rings. The molecule has 7 heteroatoms. The van der Waals surface area contributed by atoms with Crippen molar-refractivity contribution in [2.24, 2.45) is 0 Å². The third kappa shape index (κ3) is 4.63. The molecular formula is C20H26N2O3S2. The molecule has 0 saturated carbocycles. The molecule has 1 atom stereocenters. The van der Waals surface area contributed by atoms with E-state index in [1.807, 2.05) is 32.0 Å². The van der Waals surface area contributed by atoms with Crippen LogP contribution in [0.2, 0.25) is 0 Å². The Morgan fingerprint density at radius 2 is 2.07 bits per heavy atom. The summed E-state index contributed by atoms with van der Waals surface area (Å²) in [6.07, 6.45) is 1.37.